The first-order valence-electron chi connectivity index (χ1n) is 4.06. The van der Waals surface area contributed by atoms with Crippen LogP contribution in [-0.4, -0.2) is 17.1 Å². The lowest BCUT2D eigenvalue weighted by atomic mass is 9.99. The molecule has 0 saturated heterocycles. The molecule has 72 valence electrons. The maximum absolute atomic E-state index is 10.6. The molecule has 0 aliphatic heterocycles. The minimum atomic E-state index is -0.944. The summed E-state index contributed by atoms with van der Waals surface area (Å²) in [5, 5.41) is 10.7. The van der Waals surface area contributed by atoms with E-state index in [0.717, 1.165) is 10.4 Å². The average Bonchev–Trinajstić information content (AvgIpc) is 2.48. The van der Waals surface area contributed by atoms with Gasteiger partial charge in [0.15, 0.2) is 0 Å². The summed E-state index contributed by atoms with van der Waals surface area (Å²) in [7, 11) is 0. The number of carboxylic acids is 1. The van der Waals surface area contributed by atoms with Gasteiger partial charge in [0.2, 0.25) is 0 Å². The molecule has 2 atom stereocenters. The van der Waals surface area contributed by atoms with Crippen molar-refractivity contribution in [2.75, 3.05) is 0 Å². The minimum Gasteiger partial charge on any atom is -0.480 e. The summed E-state index contributed by atoms with van der Waals surface area (Å²) in [6.07, 6.45) is 0. The highest BCUT2D eigenvalue weighted by Gasteiger charge is 2.23. The van der Waals surface area contributed by atoms with Crippen LogP contribution < -0.4 is 5.73 Å². The van der Waals surface area contributed by atoms with Crippen molar-refractivity contribution in [2.24, 2.45) is 5.73 Å². The van der Waals surface area contributed by atoms with E-state index in [-0.39, 0.29) is 5.92 Å². The molecule has 3 nitrogen and oxygen atoms in total. The van der Waals surface area contributed by atoms with Gasteiger partial charge in [0.25, 0.3) is 0 Å². The molecule has 2 unspecified atom stereocenters. The maximum Gasteiger partial charge on any atom is 0.321 e. The van der Waals surface area contributed by atoms with Crippen molar-refractivity contribution in [2.45, 2.75) is 25.8 Å². The van der Waals surface area contributed by atoms with Gasteiger partial charge >= 0.3 is 5.97 Å². The highest BCUT2D eigenvalue weighted by molar-refractivity contribution is 7.10. The third-order valence-electron chi connectivity index (χ3n) is 2.14. The lowest BCUT2D eigenvalue weighted by molar-refractivity contribution is -0.138. The van der Waals surface area contributed by atoms with E-state index in [1.165, 1.54) is 0 Å². The van der Waals surface area contributed by atoms with Crippen LogP contribution in [0.15, 0.2) is 11.4 Å². The van der Waals surface area contributed by atoms with Crippen LogP contribution in [0.1, 0.15) is 23.3 Å². The van der Waals surface area contributed by atoms with Crippen molar-refractivity contribution in [1.82, 2.24) is 0 Å². The Morgan fingerprint density at radius 1 is 1.69 bits per heavy atom. The summed E-state index contributed by atoms with van der Waals surface area (Å²) in [6, 6.07) is 1.17. The van der Waals surface area contributed by atoms with E-state index < -0.39 is 12.0 Å². The fourth-order valence-electron chi connectivity index (χ4n) is 1.23. The predicted molar refractivity (Wildman–Crippen MR) is 53.1 cm³/mol. The number of hydrogen-bond donors (Lipinski definition) is 2. The first kappa shape index (κ1) is 10.2. The molecule has 0 spiro atoms. The number of hydrogen-bond acceptors (Lipinski definition) is 3. The molecule has 1 heterocycles. The zero-order valence-corrected chi connectivity index (χ0v) is 8.47. The second-order valence-electron chi connectivity index (χ2n) is 3.12. The average molecular weight is 199 g/mol. The molecular weight excluding hydrogens is 186 g/mol. The van der Waals surface area contributed by atoms with Gasteiger partial charge in [0, 0.05) is 10.8 Å². The van der Waals surface area contributed by atoms with E-state index in [9.17, 15) is 4.79 Å². The normalized spacial score (nSPS) is 15.3. The topological polar surface area (TPSA) is 63.3 Å². The number of nitrogens with two attached hydrogens (primary N) is 1. The van der Waals surface area contributed by atoms with Crippen molar-refractivity contribution in [1.29, 1.82) is 0 Å². The zero-order chi connectivity index (χ0) is 10.0. The lowest BCUT2D eigenvalue weighted by Crippen LogP contribution is -2.35. The quantitative estimate of drug-likeness (QED) is 0.776. The summed E-state index contributed by atoms with van der Waals surface area (Å²) in [6.45, 7) is 3.81. The van der Waals surface area contributed by atoms with Gasteiger partial charge in [0.05, 0.1) is 0 Å². The molecule has 3 N–H and O–H groups in total. The number of carbonyl (C=O) groups is 1. The molecule has 13 heavy (non-hydrogen) atoms. The third kappa shape index (κ3) is 2.08. The molecule has 0 radical (unpaired) electrons. The van der Waals surface area contributed by atoms with E-state index in [2.05, 4.69) is 0 Å². The Labute approximate surface area is 81.2 Å². The Kier molecular flexibility index (Phi) is 3.06. The van der Waals surface area contributed by atoms with Crippen molar-refractivity contribution < 1.29 is 9.90 Å². The molecule has 4 heteroatoms. The van der Waals surface area contributed by atoms with E-state index in [1.807, 2.05) is 25.3 Å². The van der Waals surface area contributed by atoms with Crippen LogP contribution in [0.5, 0.6) is 0 Å². The lowest BCUT2D eigenvalue weighted by Gasteiger charge is -2.15. The second kappa shape index (κ2) is 3.89. The fourth-order valence-corrected chi connectivity index (χ4v) is 2.26. The fraction of sp³-hybridized carbons (Fsp3) is 0.444. The standard InChI is InChI=1S/C9H13NO2S/c1-5-3-4-13-8(5)6(2)7(10)9(11)12/h3-4,6-7H,10H2,1-2H3,(H,11,12). The monoisotopic (exact) mass is 199 g/mol. The summed E-state index contributed by atoms with van der Waals surface area (Å²) >= 11 is 1.56. The predicted octanol–water partition coefficient (Wildman–Crippen LogP) is 1.57. The van der Waals surface area contributed by atoms with Gasteiger partial charge in [-0.3, -0.25) is 4.79 Å². The molecule has 1 aromatic heterocycles. The molecule has 0 bridgehead atoms. The van der Waals surface area contributed by atoms with Crippen molar-refractivity contribution in [3.8, 4) is 0 Å². The largest absolute Gasteiger partial charge is 0.480 e. The summed E-state index contributed by atoms with van der Waals surface area (Å²) in [5.41, 5.74) is 6.65. The number of aryl methyl sites for hydroxylation is 1. The zero-order valence-electron chi connectivity index (χ0n) is 7.65. The van der Waals surface area contributed by atoms with Crippen LogP contribution in [-0.2, 0) is 4.79 Å². The first-order valence-corrected chi connectivity index (χ1v) is 4.94. The molecule has 0 aliphatic rings. The second-order valence-corrected chi connectivity index (χ2v) is 4.07. The molecular formula is C9H13NO2S. The number of aliphatic carboxylic acids is 1. The van der Waals surface area contributed by atoms with Crippen molar-refractivity contribution in [3.63, 3.8) is 0 Å². The Hall–Kier alpha value is -0.870. The molecule has 0 aromatic carbocycles. The van der Waals surface area contributed by atoms with Gasteiger partial charge in [-0.1, -0.05) is 6.92 Å². The number of rotatable bonds is 3. The molecule has 1 rings (SSSR count). The Morgan fingerprint density at radius 2 is 2.31 bits per heavy atom. The van der Waals surface area contributed by atoms with Crippen LogP contribution in [0.3, 0.4) is 0 Å². The summed E-state index contributed by atoms with van der Waals surface area (Å²) in [5.74, 6) is -1.06. The molecule has 0 aliphatic carbocycles. The van der Waals surface area contributed by atoms with Gasteiger partial charge in [-0.05, 0) is 23.9 Å². The Bertz CT molecular complexity index is 308. The molecule has 0 amide bonds. The van der Waals surface area contributed by atoms with Crippen molar-refractivity contribution in [3.05, 3.63) is 21.9 Å². The number of carboxylic acid groups (broad SMARTS) is 1. The first-order chi connectivity index (χ1) is 6.04. The molecule has 0 fully saturated rings. The van der Waals surface area contributed by atoms with E-state index >= 15 is 0 Å². The third-order valence-corrected chi connectivity index (χ3v) is 3.36. The van der Waals surface area contributed by atoms with Gasteiger partial charge in [-0.2, -0.15) is 0 Å². The van der Waals surface area contributed by atoms with Crippen LogP contribution in [0.25, 0.3) is 0 Å². The van der Waals surface area contributed by atoms with Crippen molar-refractivity contribution >= 4 is 17.3 Å². The SMILES string of the molecule is Cc1ccsc1C(C)C(N)C(=O)O. The van der Waals surface area contributed by atoms with Gasteiger partial charge in [-0.15, -0.1) is 11.3 Å². The highest BCUT2D eigenvalue weighted by atomic mass is 32.1. The Morgan fingerprint density at radius 3 is 2.69 bits per heavy atom. The van der Waals surface area contributed by atoms with E-state index in [0.29, 0.717) is 0 Å². The molecule has 0 saturated carbocycles. The minimum absolute atomic E-state index is 0.113. The van der Waals surface area contributed by atoms with Gasteiger partial charge < -0.3 is 10.8 Å². The van der Waals surface area contributed by atoms with Crippen LogP contribution in [0.4, 0.5) is 0 Å². The highest BCUT2D eigenvalue weighted by Crippen LogP contribution is 2.27. The number of thiophene rings is 1. The summed E-state index contributed by atoms with van der Waals surface area (Å²) in [4.78, 5) is 11.7. The van der Waals surface area contributed by atoms with E-state index in [4.69, 9.17) is 10.8 Å². The smallest absolute Gasteiger partial charge is 0.321 e. The Balaban J connectivity index is 2.85. The van der Waals surface area contributed by atoms with Gasteiger partial charge in [-0.25, -0.2) is 0 Å². The van der Waals surface area contributed by atoms with Crippen LogP contribution in [0.2, 0.25) is 0 Å². The van der Waals surface area contributed by atoms with E-state index in [1.54, 1.807) is 11.3 Å². The van der Waals surface area contributed by atoms with Crippen LogP contribution >= 0.6 is 11.3 Å². The van der Waals surface area contributed by atoms with Gasteiger partial charge in [0.1, 0.15) is 6.04 Å². The summed E-state index contributed by atoms with van der Waals surface area (Å²) < 4.78 is 0. The maximum atomic E-state index is 10.6. The van der Waals surface area contributed by atoms with Crippen LogP contribution in [0, 0.1) is 6.92 Å². The molecule has 1 aromatic rings.